The average Bonchev–Trinajstić information content (AvgIpc) is 3.10. The van der Waals surface area contributed by atoms with Crippen molar-refractivity contribution in [2.75, 3.05) is 0 Å². The second kappa shape index (κ2) is 40.8. The zero-order valence-electron chi connectivity index (χ0n) is 32.7. The van der Waals surface area contributed by atoms with Crippen LogP contribution in [0.3, 0.4) is 0 Å². The van der Waals surface area contributed by atoms with Gasteiger partial charge in [-0.25, -0.2) is 0 Å². The van der Waals surface area contributed by atoms with Crippen molar-refractivity contribution in [3.8, 4) is 0 Å². The molecule has 0 aromatic carbocycles. The van der Waals surface area contributed by atoms with Crippen LogP contribution in [0.5, 0.6) is 0 Å². The zero-order chi connectivity index (χ0) is 36.4. The summed E-state index contributed by atoms with van der Waals surface area (Å²) < 4.78 is 5.97. The maximum absolute atomic E-state index is 12.7. The Kier molecular flexibility index (Phi) is 38.7. The Balaban J connectivity index is 4.18. The summed E-state index contributed by atoms with van der Waals surface area (Å²) in [6, 6.07) is 0. The molecule has 0 fully saturated rings. The summed E-state index contributed by atoms with van der Waals surface area (Å²) in [5, 5.41) is 8.83. The second-order valence-electron chi connectivity index (χ2n) is 13.8. The second-order valence-corrected chi connectivity index (χ2v) is 13.8. The number of rotatable bonds is 37. The largest absolute Gasteiger partial charge is 0.481 e. The van der Waals surface area contributed by atoms with Crippen LogP contribution in [0.1, 0.15) is 200 Å². The van der Waals surface area contributed by atoms with Gasteiger partial charge in [0.25, 0.3) is 0 Å². The smallest absolute Gasteiger partial charge is 0.306 e. The van der Waals surface area contributed by atoms with Gasteiger partial charge in [0.15, 0.2) is 0 Å². The number of ether oxygens (including phenoxy) is 1. The highest BCUT2D eigenvalue weighted by Crippen LogP contribution is 2.18. The molecule has 0 spiro atoms. The topological polar surface area (TPSA) is 63.6 Å². The van der Waals surface area contributed by atoms with Gasteiger partial charge in [0.1, 0.15) is 6.10 Å². The van der Waals surface area contributed by atoms with Gasteiger partial charge in [0, 0.05) is 12.8 Å². The van der Waals surface area contributed by atoms with Crippen molar-refractivity contribution in [2.24, 2.45) is 0 Å². The monoisotopic (exact) mass is 695 g/mol. The van der Waals surface area contributed by atoms with Crippen molar-refractivity contribution < 1.29 is 19.4 Å². The number of carbonyl (C=O) groups excluding carboxylic acids is 1. The van der Waals surface area contributed by atoms with Crippen molar-refractivity contribution in [3.63, 3.8) is 0 Å². The van der Waals surface area contributed by atoms with E-state index in [0.717, 1.165) is 96.3 Å². The van der Waals surface area contributed by atoms with Gasteiger partial charge >= 0.3 is 11.9 Å². The fraction of sp³-hybridized carbons (Fsp3) is 0.696. The first-order valence-corrected chi connectivity index (χ1v) is 20.9. The normalized spacial score (nSPS) is 13.0. The summed E-state index contributed by atoms with van der Waals surface area (Å²) in [6.07, 6.45) is 57.8. The van der Waals surface area contributed by atoms with Crippen molar-refractivity contribution in [1.82, 2.24) is 0 Å². The highest BCUT2D eigenvalue weighted by Gasteiger charge is 2.14. The Morgan fingerprint density at radius 1 is 0.460 bits per heavy atom. The van der Waals surface area contributed by atoms with Crippen LogP contribution >= 0.6 is 0 Å². The van der Waals surface area contributed by atoms with E-state index in [1.807, 2.05) is 0 Å². The summed E-state index contributed by atoms with van der Waals surface area (Å²) >= 11 is 0. The summed E-state index contributed by atoms with van der Waals surface area (Å²) in [4.78, 5) is 23.4. The third-order valence-corrected chi connectivity index (χ3v) is 8.96. The molecular weight excluding hydrogens is 617 g/mol. The van der Waals surface area contributed by atoms with Crippen LogP contribution < -0.4 is 0 Å². The van der Waals surface area contributed by atoms with Crippen LogP contribution in [0.4, 0.5) is 0 Å². The van der Waals surface area contributed by atoms with Crippen molar-refractivity contribution in [1.29, 1.82) is 0 Å². The molecule has 1 unspecified atom stereocenters. The first-order chi connectivity index (χ1) is 24.6. The summed E-state index contributed by atoms with van der Waals surface area (Å²) in [6.45, 7) is 4.43. The predicted molar refractivity (Wildman–Crippen MR) is 218 cm³/mol. The number of unbranched alkanes of at least 4 members (excludes halogenated alkanes) is 16. The lowest BCUT2D eigenvalue weighted by molar-refractivity contribution is -0.149. The highest BCUT2D eigenvalue weighted by atomic mass is 16.5. The molecule has 1 N–H and O–H groups in total. The minimum absolute atomic E-state index is 0.0134. The Morgan fingerprint density at radius 3 is 1.22 bits per heavy atom. The number of carbonyl (C=O) groups is 2. The average molecular weight is 695 g/mol. The third kappa shape index (κ3) is 39.8. The number of allylic oxidation sites excluding steroid dienone is 12. The molecule has 0 saturated heterocycles. The Bertz CT molecular complexity index is 922. The van der Waals surface area contributed by atoms with E-state index in [1.54, 1.807) is 0 Å². The van der Waals surface area contributed by atoms with E-state index in [4.69, 9.17) is 9.84 Å². The van der Waals surface area contributed by atoms with Gasteiger partial charge in [-0.2, -0.15) is 0 Å². The first kappa shape index (κ1) is 47.4. The lowest BCUT2D eigenvalue weighted by Crippen LogP contribution is -2.18. The standard InChI is InChI=1S/C46H78O4/c1-3-5-7-9-11-13-15-17-18-19-20-21-22-24-26-28-30-35-39-43-46(49)50-44(41-37-33-31-34-38-42-45(47)48)40-36-32-29-27-25-23-16-14-12-10-8-6-4-2/h5,7,11,13,17-18,20-21,24,26,30,35,44H,3-4,6,8-10,12,14-16,19,22-23,25,27-29,31-34,36-43H2,1-2H3,(H,47,48)/b7-5-,13-11-,18-17-,21-20-,26-24-,35-30-. The Hall–Kier alpha value is -2.62. The maximum atomic E-state index is 12.7. The number of carboxylic acids is 1. The van der Waals surface area contributed by atoms with E-state index >= 15 is 0 Å². The van der Waals surface area contributed by atoms with E-state index in [-0.39, 0.29) is 18.5 Å². The summed E-state index contributed by atoms with van der Waals surface area (Å²) in [7, 11) is 0. The highest BCUT2D eigenvalue weighted by molar-refractivity contribution is 5.69. The Morgan fingerprint density at radius 2 is 0.820 bits per heavy atom. The molecule has 0 radical (unpaired) electrons. The lowest BCUT2D eigenvalue weighted by Gasteiger charge is -2.18. The molecule has 0 saturated carbocycles. The predicted octanol–water partition coefficient (Wildman–Crippen LogP) is 14.7. The van der Waals surface area contributed by atoms with Gasteiger partial charge in [0.05, 0.1) is 0 Å². The van der Waals surface area contributed by atoms with Crippen LogP contribution in [0.15, 0.2) is 72.9 Å². The van der Waals surface area contributed by atoms with Gasteiger partial charge in [-0.15, -0.1) is 0 Å². The molecule has 0 bridgehead atoms. The zero-order valence-corrected chi connectivity index (χ0v) is 32.7. The molecule has 0 heterocycles. The summed E-state index contributed by atoms with van der Waals surface area (Å²) in [5.41, 5.74) is 0. The number of hydrogen-bond donors (Lipinski definition) is 1. The number of carboxylic acid groups (broad SMARTS) is 1. The fourth-order valence-electron chi connectivity index (χ4n) is 5.92. The van der Waals surface area contributed by atoms with Gasteiger partial charge in [-0.3, -0.25) is 9.59 Å². The van der Waals surface area contributed by atoms with E-state index in [9.17, 15) is 9.59 Å². The molecule has 0 aromatic heterocycles. The van der Waals surface area contributed by atoms with Gasteiger partial charge < -0.3 is 9.84 Å². The van der Waals surface area contributed by atoms with Gasteiger partial charge in [-0.1, -0.05) is 183 Å². The van der Waals surface area contributed by atoms with E-state index < -0.39 is 5.97 Å². The minimum Gasteiger partial charge on any atom is -0.481 e. The van der Waals surface area contributed by atoms with Crippen molar-refractivity contribution in [3.05, 3.63) is 72.9 Å². The molecule has 286 valence electrons. The quantitative estimate of drug-likeness (QED) is 0.0399. The van der Waals surface area contributed by atoms with E-state index in [2.05, 4.69) is 86.8 Å². The minimum atomic E-state index is -0.709. The van der Waals surface area contributed by atoms with Crippen LogP contribution in [0.2, 0.25) is 0 Å². The summed E-state index contributed by atoms with van der Waals surface area (Å²) in [5.74, 6) is -0.788. The van der Waals surface area contributed by atoms with Crippen molar-refractivity contribution in [2.45, 2.75) is 206 Å². The van der Waals surface area contributed by atoms with Gasteiger partial charge in [-0.05, 0) is 77.0 Å². The molecule has 50 heavy (non-hydrogen) atoms. The van der Waals surface area contributed by atoms with Crippen molar-refractivity contribution >= 4 is 11.9 Å². The molecule has 0 aromatic rings. The number of hydrogen-bond acceptors (Lipinski definition) is 3. The van der Waals surface area contributed by atoms with E-state index in [1.165, 1.54) is 77.0 Å². The fourth-order valence-corrected chi connectivity index (χ4v) is 5.92. The van der Waals surface area contributed by atoms with E-state index in [0.29, 0.717) is 6.42 Å². The molecular formula is C46H78O4. The molecule has 0 amide bonds. The SMILES string of the molecule is CC/C=C\C/C=C\C/C=C\C/C=C\C/C=C\C/C=C\CCC(=O)OC(CCCCCCCCCCCCCCC)CCCCCCCC(=O)O. The molecule has 0 aliphatic carbocycles. The molecule has 4 heteroatoms. The van der Waals surface area contributed by atoms with Crippen LogP contribution in [-0.2, 0) is 14.3 Å². The third-order valence-electron chi connectivity index (χ3n) is 8.96. The van der Waals surface area contributed by atoms with Crippen LogP contribution in [-0.4, -0.2) is 23.1 Å². The number of aliphatic carboxylic acids is 1. The molecule has 0 aliphatic rings. The molecule has 0 aliphatic heterocycles. The first-order valence-electron chi connectivity index (χ1n) is 20.9. The maximum Gasteiger partial charge on any atom is 0.306 e. The van der Waals surface area contributed by atoms with Gasteiger partial charge in [0.2, 0.25) is 0 Å². The number of esters is 1. The molecule has 0 rings (SSSR count). The Labute approximate surface area is 309 Å². The van der Waals surface area contributed by atoms with Crippen LogP contribution in [0, 0.1) is 0 Å². The lowest BCUT2D eigenvalue weighted by atomic mass is 10.0. The molecule has 1 atom stereocenters. The molecule has 4 nitrogen and oxygen atoms in total. The van der Waals surface area contributed by atoms with Crippen LogP contribution in [0.25, 0.3) is 0 Å².